The molecule has 0 bridgehead atoms. The zero-order valence-corrected chi connectivity index (χ0v) is 11.7. The van der Waals surface area contributed by atoms with Crippen LogP contribution in [-0.4, -0.2) is 10.9 Å². The number of carbonyl (C=O) groups is 1. The molecule has 4 nitrogen and oxygen atoms in total. The van der Waals surface area contributed by atoms with Gasteiger partial charge in [0.05, 0.1) is 28.5 Å². The van der Waals surface area contributed by atoms with Gasteiger partial charge in [-0.2, -0.15) is 0 Å². The Hall–Kier alpha value is -2.02. The van der Waals surface area contributed by atoms with Gasteiger partial charge in [0.25, 0.3) is 5.91 Å². The lowest BCUT2D eigenvalue weighted by Crippen LogP contribution is -2.15. The SMILES string of the molecule is Cc1ncsc1C(C)Nc1cc(C(N)=O)c(F)cc1F. The van der Waals surface area contributed by atoms with Crippen molar-refractivity contribution >= 4 is 22.9 Å². The van der Waals surface area contributed by atoms with Gasteiger partial charge < -0.3 is 11.1 Å². The lowest BCUT2D eigenvalue weighted by molar-refractivity contribution is 0.0996. The summed E-state index contributed by atoms with van der Waals surface area (Å²) in [5, 5.41) is 2.90. The molecule has 0 spiro atoms. The fraction of sp³-hybridized carbons (Fsp3) is 0.231. The fourth-order valence-corrected chi connectivity index (χ4v) is 2.68. The smallest absolute Gasteiger partial charge is 0.251 e. The first-order chi connectivity index (χ1) is 9.40. The Morgan fingerprint density at radius 1 is 1.40 bits per heavy atom. The first-order valence-corrected chi connectivity index (χ1v) is 6.73. The van der Waals surface area contributed by atoms with Crippen LogP contribution in [0.25, 0.3) is 0 Å². The highest BCUT2D eigenvalue weighted by Gasteiger charge is 2.17. The van der Waals surface area contributed by atoms with Crippen LogP contribution in [0, 0.1) is 18.6 Å². The Labute approximate surface area is 118 Å². The monoisotopic (exact) mass is 297 g/mol. The van der Waals surface area contributed by atoms with E-state index in [0.29, 0.717) is 6.07 Å². The number of amides is 1. The highest BCUT2D eigenvalue weighted by Crippen LogP contribution is 2.27. The Bertz CT molecular complexity index is 657. The van der Waals surface area contributed by atoms with Crippen LogP contribution in [0.1, 0.15) is 33.9 Å². The van der Waals surface area contributed by atoms with E-state index < -0.39 is 17.5 Å². The van der Waals surface area contributed by atoms with Crippen molar-refractivity contribution in [1.82, 2.24) is 4.98 Å². The van der Waals surface area contributed by atoms with Gasteiger partial charge in [0.2, 0.25) is 0 Å². The average Bonchev–Trinajstić information content (AvgIpc) is 2.78. The molecule has 20 heavy (non-hydrogen) atoms. The molecular formula is C13H13F2N3OS. The predicted molar refractivity (Wildman–Crippen MR) is 73.8 cm³/mol. The molecule has 106 valence electrons. The second kappa shape index (κ2) is 5.54. The van der Waals surface area contributed by atoms with Crippen LogP contribution >= 0.6 is 11.3 Å². The molecule has 0 aliphatic rings. The molecule has 1 atom stereocenters. The van der Waals surface area contributed by atoms with Crippen molar-refractivity contribution in [2.45, 2.75) is 19.9 Å². The number of nitrogens with one attached hydrogen (secondary N) is 1. The Morgan fingerprint density at radius 2 is 2.10 bits per heavy atom. The Morgan fingerprint density at radius 3 is 2.65 bits per heavy atom. The topological polar surface area (TPSA) is 68.0 Å². The third-order valence-corrected chi connectivity index (χ3v) is 3.98. The molecule has 1 aromatic heterocycles. The third kappa shape index (κ3) is 2.77. The van der Waals surface area contributed by atoms with E-state index in [1.54, 1.807) is 5.51 Å². The molecule has 2 aromatic rings. The van der Waals surface area contributed by atoms with Crippen LogP contribution in [0.2, 0.25) is 0 Å². The molecule has 1 unspecified atom stereocenters. The number of rotatable bonds is 4. The van der Waals surface area contributed by atoms with Crippen molar-refractivity contribution in [2.75, 3.05) is 5.32 Å². The molecule has 1 aromatic carbocycles. The van der Waals surface area contributed by atoms with E-state index in [1.807, 2.05) is 13.8 Å². The lowest BCUT2D eigenvalue weighted by Gasteiger charge is -2.16. The summed E-state index contributed by atoms with van der Waals surface area (Å²) < 4.78 is 27.1. The van der Waals surface area contributed by atoms with Gasteiger partial charge in [-0.3, -0.25) is 4.79 Å². The minimum atomic E-state index is -0.970. The highest BCUT2D eigenvalue weighted by molar-refractivity contribution is 7.09. The van der Waals surface area contributed by atoms with Gasteiger partial charge in [-0.15, -0.1) is 11.3 Å². The van der Waals surface area contributed by atoms with Gasteiger partial charge in [0, 0.05) is 10.9 Å². The van der Waals surface area contributed by atoms with Crippen LogP contribution in [0.4, 0.5) is 14.5 Å². The largest absolute Gasteiger partial charge is 0.375 e. The molecule has 0 fully saturated rings. The van der Waals surface area contributed by atoms with E-state index in [4.69, 9.17) is 5.73 Å². The number of hydrogen-bond donors (Lipinski definition) is 2. The van der Waals surface area contributed by atoms with Gasteiger partial charge in [-0.05, 0) is 19.9 Å². The molecule has 7 heteroatoms. The van der Waals surface area contributed by atoms with Crippen LogP contribution in [-0.2, 0) is 0 Å². The number of aromatic nitrogens is 1. The van der Waals surface area contributed by atoms with E-state index in [0.717, 1.165) is 16.6 Å². The lowest BCUT2D eigenvalue weighted by atomic mass is 10.1. The third-order valence-electron chi connectivity index (χ3n) is 2.87. The van der Waals surface area contributed by atoms with E-state index in [-0.39, 0.29) is 17.3 Å². The standard InChI is InChI=1S/C13H13F2N3OS/c1-6-12(20-5-17-6)7(2)18-11-3-8(13(16)19)9(14)4-10(11)15/h3-5,7,18H,1-2H3,(H2,16,19). The van der Waals surface area contributed by atoms with Crippen LogP contribution < -0.4 is 11.1 Å². The maximum Gasteiger partial charge on any atom is 0.251 e. The Kier molecular flexibility index (Phi) is 3.99. The number of primary amides is 1. The number of thiazole rings is 1. The summed E-state index contributed by atoms with van der Waals surface area (Å²) in [4.78, 5) is 16.1. The first kappa shape index (κ1) is 14.4. The minimum absolute atomic E-state index is 0.0282. The predicted octanol–water partition coefficient (Wildman–Crippen LogP) is 3.00. The number of carbonyl (C=O) groups excluding carboxylic acids is 1. The van der Waals surface area contributed by atoms with Gasteiger partial charge >= 0.3 is 0 Å². The maximum atomic E-state index is 13.7. The first-order valence-electron chi connectivity index (χ1n) is 5.85. The zero-order chi connectivity index (χ0) is 14.9. The van der Waals surface area contributed by atoms with Crippen LogP contribution in [0.5, 0.6) is 0 Å². The molecule has 0 saturated carbocycles. The summed E-state index contributed by atoms with van der Waals surface area (Å²) in [5.41, 5.74) is 7.26. The zero-order valence-electron chi connectivity index (χ0n) is 10.9. The normalized spacial score (nSPS) is 12.2. The molecule has 0 aliphatic heterocycles. The quantitative estimate of drug-likeness (QED) is 0.911. The molecular weight excluding hydrogens is 284 g/mol. The van der Waals surface area contributed by atoms with Crippen LogP contribution in [0.3, 0.4) is 0 Å². The molecule has 0 saturated heterocycles. The average molecular weight is 297 g/mol. The molecule has 0 aliphatic carbocycles. The summed E-state index contributed by atoms with van der Waals surface area (Å²) in [5.74, 6) is -2.68. The molecule has 3 N–H and O–H groups in total. The van der Waals surface area contributed by atoms with Crippen molar-refractivity contribution in [2.24, 2.45) is 5.73 Å². The van der Waals surface area contributed by atoms with E-state index in [9.17, 15) is 13.6 Å². The van der Waals surface area contributed by atoms with E-state index in [2.05, 4.69) is 10.3 Å². The number of nitrogens with zero attached hydrogens (tertiary/aromatic N) is 1. The number of nitrogens with two attached hydrogens (primary N) is 1. The van der Waals surface area contributed by atoms with Gasteiger partial charge in [0.15, 0.2) is 0 Å². The number of anilines is 1. The summed E-state index contributed by atoms with van der Waals surface area (Å²) >= 11 is 1.43. The van der Waals surface area contributed by atoms with Crippen LogP contribution in [0.15, 0.2) is 17.6 Å². The summed E-state index contributed by atoms with van der Waals surface area (Å²) in [6.45, 7) is 3.67. The van der Waals surface area contributed by atoms with Crippen molar-refractivity contribution in [3.8, 4) is 0 Å². The number of halogens is 2. The summed E-state index contributed by atoms with van der Waals surface area (Å²) in [6, 6.07) is 1.51. The van der Waals surface area contributed by atoms with E-state index in [1.165, 1.54) is 11.3 Å². The van der Waals surface area contributed by atoms with Crippen molar-refractivity contribution < 1.29 is 13.6 Å². The highest BCUT2D eigenvalue weighted by atomic mass is 32.1. The van der Waals surface area contributed by atoms with Gasteiger partial charge in [-0.25, -0.2) is 13.8 Å². The molecule has 0 radical (unpaired) electrons. The Balaban J connectivity index is 2.32. The van der Waals surface area contributed by atoms with Crippen molar-refractivity contribution in [3.63, 3.8) is 0 Å². The summed E-state index contributed by atoms with van der Waals surface area (Å²) in [7, 11) is 0. The second-order valence-electron chi connectivity index (χ2n) is 4.34. The minimum Gasteiger partial charge on any atom is -0.375 e. The van der Waals surface area contributed by atoms with Crippen molar-refractivity contribution in [3.05, 3.63) is 45.4 Å². The van der Waals surface area contributed by atoms with Gasteiger partial charge in [-0.1, -0.05) is 0 Å². The van der Waals surface area contributed by atoms with Crippen molar-refractivity contribution in [1.29, 1.82) is 0 Å². The maximum absolute atomic E-state index is 13.7. The second-order valence-corrected chi connectivity index (χ2v) is 5.23. The van der Waals surface area contributed by atoms with E-state index >= 15 is 0 Å². The molecule has 2 rings (SSSR count). The molecule has 1 heterocycles. The van der Waals surface area contributed by atoms with Gasteiger partial charge in [0.1, 0.15) is 11.6 Å². The number of benzene rings is 1. The fourth-order valence-electron chi connectivity index (χ4n) is 1.87. The number of aryl methyl sites for hydroxylation is 1. The summed E-state index contributed by atoms with van der Waals surface area (Å²) in [6.07, 6.45) is 0. The number of hydrogen-bond acceptors (Lipinski definition) is 4. The molecule has 1 amide bonds.